The first-order valence-corrected chi connectivity index (χ1v) is 6.96. The minimum atomic E-state index is -0.476. The van der Waals surface area contributed by atoms with E-state index in [1.807, 2.05) is 0 Å². The molecule has 0 atom stereocenters. The molecule has 0 unspecified atom stereocenters. The van der Waals surface area contributed by atoms with Crippen molar-refractivity contribution in [3.63, 3.8) is 0 Å². The van der Waals surface area contributed by atoms with E-state index in [0.29, 0.717) is 0 Å². The van der Waals surface area contributed by atoms with Crippen LogP contribution in [0.15, 0.2) is 30.3 Å². The molecule has 0 amide bonds. The van der Waals surface area contributed by atoms with Crippen molar-refractivity contribution in [2.75, 3.05) is 0 Å². The number of fused-ring (bicyclic) bond motifs is 1. The van der Waals surface area contributed by atoms with Gasteiger partial charge in [-0.3, -0.25) is 0 Å². The van der Waals surface area contributed by atoms with Gasteiger partial charge in [-0.2, -0.15) is 0 Å². The van der Waals surface area contributed by atoms with Crippen LogP contribution in [0, 0.1) is 0 Å². The van der Waals surface area contributed by atoms with E-state index < -0.39 is 20.7 Å². The quantitative estimate of drug-likeness (QED) is 0.577. The van der Waals surface area contributed by atoms with E-state index in [-0.39, 0.29) is 0 Å². The molecule has 1 aliphatic heterocycles. The molecule has 0 radical (unpaired) electrons. The standard InChI is InChI=1S/C9H7.Sn.H/c1-2-6-9-7-4-3-5-8-9;;/h1-7H;;. The van der Waals surface area contributed by atoms with Crippen LogP contribution in [0.4, 0.5) is 0 Å². The van der Waals surface area contributed by atoms with Crippen LogP contribution < -0.4 is 3.58 Å². The fourth-order valence-electron chi connectivity index (χ4n) is 1.13. The first-order valence-electron chi connectivity index (χ1n) is 3.40. The van der Waals surface area contributed by atoms with Crippen molar-refractivity contribution in [2.24, 2.45) is 0 Å². The first kappa shape index (κ1) is 6.35. The second-order valence-corrected chi connectivity index (χ2v) is 6.17. The maximum atomic E-state index is 2.37. The molecule has 48 valence electrons. The van der Waals surface area contributed by atoms with Crippen molar-refractivity contribution < 1.29 is 0 Å². The minimum absolute atomic E-state index is 0.476. The number of rotatable bonds is 0. The van der Waals surface area contributed by atoms with Gasteiger partial charge in [-0.15, -0.1) is 0 Å². The van der Waals surface area contributed by atoms with Crippen molar-refractivity contribution in [2.45, 2.75) is 0 Å². The van der Waals surface area contributed by atoms with Gasteiger partial charge in [-0.25, -0.2) is 0 Å². The second-order valence-electron chi connectivity index (χ2n) is 2.35. The van der Waals surface area contributed by atoms with Gasteiger partial charge in [0.25, 0.3) is 0 Å². The zero-order valence-electron chi connectivity index (χ0n) is 5.62. The zero-order chi connectivity index (χ0) is 6.81. The van der Waals surface area contributed by atoms with Gasteiger partial charge in [0.05, 0.1) is 0 Å². The molecule has 10 heavy (non-hydrogen) atoms. The summed E-state index contributed by atoms with van der Waals surface area (Å²) in [6, 6.07) is 8.70. The molecular formula is C9H8Sn. The van der Waals surface area contributed by atoms with Crippen LogP contribution in [-0.4, -0.2) is 24.7 Å². The van der Waals surface area contributed by atoms with Gasteiger partial charge in [0.1, 0.15) is 0 Å². The molecular weight excluding hydrogens is 227 g/mol. The molecule has 0 bridgehead atoms. The molecule has 0 N–H and O–H groups in total. The van der Waals surface area contributed by atoms with Gasteiger partial charge in [-0.1, -0.05) is 0 Å². The zero-order valence-corrected chi connectivity index (χ0v) is 8.91. The van der Waals surface area contributed by atoms with Crippen molar-refractivity contribution >= 4 is 34.3 Å². The molecule has 2 rings (SSSR count). The van der Waals surface area contributed by atoms with Crippen LogP contribution in [-0.2, 0) is 0 Å². The van der Waals surface area contributed by atoms with E-state index in [2.05, 4.69) is 40.4 Å². The number of hydrogen-bond donors (Lipinski definition) is 0. The number of benzene rings is 1. The average molecular weight is 235 g/mol. The van der Waals surface area contributed by atoms with E-state index in [1.165, 1.54) is 5.56 Å². The van der Waals surface area contributed by atoms with Gasteiger partial charge in [0, 0.05) is 0 Å². The van der Waals surface area contributed by atoms with Crippen LogP contribution in [0.25, 0.3) is 6.08 Å². The summed E-state index contributed by atoms with van der Waals surface area (Å²) >= 11 is -0.476. The Bertz CT molecular complexity index is 266. The van der Waals surface area contributed by atoms with Crippen LogP contribution in [0.1, 0.15) is 5.56 Å². The molecule has 0 saturated carbocycles. The van der Waals surface area contributed by atoms with E-state index in [9.17, 15) is 0 Å². The molecule has 0 aromatic heterocycles. The summed E-state index contributed by atoms with van der Waals surface area (Å²) in [4.78, 5) is 0. The molecule has 1 heterocycles. The first-order chi connectivity index (χ1) is 4.97. The normalized spacial score (nSPS) is 13.2. The predicted octanol–water partition coefficient (Wildman–Crippen LogP) is 0.577. The summed E-state index contributed by atoms with van der Waals surface area (Å²) in [6.45, 7) is 0. The molecule has 1 aromatic carbocycles. The van der Waals surface area contributed by atoms with E-state index in [0.717, 1.165) is 0 Å². The third-order valence-corrected chi connectivity index (χ3v) is 5.37. The maximum absolute atomic E-state index is 2.37. The molecule has 0 fully saturated rings. The van der Waals surface area contributed by atoms with E-state index in [1.54, 1.807) is 3.58 Å². The van der Waals surface area contributed by atoms with Crippen molar-refractivity contribution in [3.8, 4) is 0 Å². The van der Waals surface area contributed by atoms with Gasteiger partial charge >= 0.3 is 70.2 Å². The van der Waals surface area contributed by atoms with Gasteiger partial charge < -0.3 is 0 Å². The molecule has 0 spiro atoms. The van der Waals surface area contributed by atoms with Crippen LogP contribution >= 0.6 is 0 Å². The Kier molecular flexibility index (Phi) is 1.72. The Balaban J connectivity index is 2.65. The third-order valence-electron chi connectivity index (χ3n) is 1.66. The summed E-state index contributed by atoms with van der Waals surface area (Å²) < 4.78 is 4.00. The summed E-state index contributed by atoms with van der Waals surface area (Å²) in [5.41, 5.74) is 1.45. The molecule has 0 nitrogen and oxygen atoms in total. The number of allylic oxidation sites excluding steroid dienone is 1. The van der Waals surface area contributed by atoms with Crippen molar-refractivity contribution in [3.05, 3.63) is 35.9 Å². The number of hydrogen-bond acceptors (Lipinski definition) is 0. The van der Waals surface area contributed by atoms with Crippen LogP contribution in [0.2, 0.25) is 0 Å². The Hall–Kier alpha value is -0.371. The van der Waals surface area contributed by atoms with Gasteiger partial charge in [0.2, 0.25) is 0 Å². The Morgan fingerprint density at radius 2 is 2.00 bits per heavy atom. The van der Waals surface area contributed by atoms with E-state index in [4.69, 9.17) is 0 Å². The second kappa shape index (κ2) is 2.70. The molecule has 0 aliphatic carbocycles. The molecule has 1 aromatic rings. The monoisotopic (exact) mass is 236 g/mol. The van der Waals surface area contributed by atoms with Crippen LogP contribution in [0.5, 0.6) is 0 Å². The van der Waals surface area contributed by atoms with Crippen LogP contribution in [0.3, 0.4) is 0 Å². The third kappa shape index (κ3) is 1.08. The molecule has 0 saturated heterocycles. The molecule has 1 heteroatoms. The fraction of sp³-hybridized carbons (Fsp3) is 0. The topological polar surface area (TPSA) is 0 Å². The van der Waals surface area contributed by atoms with Gasteiger partial charge in [0.15, 0.2) is 0 Å². The average Bonchev–Trinajstić information content (AvgIpc) is 2.05. The fourth-order valence-corrected chi connectivity index (χ4v) is 4.09. The summed E-state index contributed by atoms with van der Waals surface area (Å²) in [7, 11) is 0. The Labute approximate surface area is 70.3 Å². The Morgan fingerprint density at radius 3 is 2.90 bits per heavy atom. The van der Waals surface area contributed by atoms with Crippen molar-refractivity contribution in [1.82, 2.24) is 0 Å². The molecule has 1 aliphatic rings. The SMILES string of the molecule is C1=Cc2cccc[c]2[SnH]=[CH]1. The summed E-state index contributed by atoms with van der Waals surface area (Å²) in [6.07, 6.45) is 4.40. The van der Waals surface area contributed by atoms with Crippen molar-refractivity contribution in [1.29, 1.82) is 0 Å². The predicted molar refractivity (Wildman–Crippen MR) is 48.3 cm³/mol. The van der Waals surface area contributed by atoms with Gasteiger partial charge in [-0.05, 0) is 0 Å². The van der Waals surface area contributed by atoms with E-state index >= 15 is 0 Å². The summed E-state index contributed by atoms with van der Waals surface area (Å²) in [5.74, 6) is 0. The Morgan fingerprint density at radius 1 is 1.10 bits per heavy atom. The summed E-state index contributed by atoms with van der Waals surface area (Å²) in [5, 5.41) is 0.